The third-order valence-electron chi connectivity index (χ3n) is 2.79. The molecule has 0 atom stereocenters. The van der Waals surface area contributed by atoms with Crippen molar-refractivity contribution in [1.82, 2.24) is 4.98 Å². The Balaban J connectivity index is 2.09. The molecule has 0 saturated heterocycles. The minimum atomic E-state index is -0.477. The Bertz CT molecular complexity index is 682. The van der Waals surface area contributed by atoms with Crippen LogP contribution in [-0.4, -0.2) is 16.5 Å². The van der Waals surface area contributed by atoms with Gasteiger partial charge in [0.05, 0.1) is 9.40 Å². The lowest BCUT2D eigenvalue weighted by molar-refractivity contribution is -0.384. The number of nitrogens with one attached hydrogen (secondary N) is 1. The number of nitrogens with zero attached hydrogens (tertiary/aromatic N) is 2. The largest absolute Gasteiger partial charge is 0.378 e. The minimum absolute atomic E-state index is 0.0772. The van der Waals surface area contributed by atoms with Crippen molar-refractivity contribution >= 4 is 50.5 Å². The van der Waals surface area contributed by atoms with Gasteiger partial charge in [-0.05, 0) is 40.0 Å². The molecule has 2 rings (SSSR count). The highest BCUT2D eigenvalue weighted by molar-refractivity contribution is 9.10. The van der Waals surface area contributed by atoms with E-state index in [1.165, 1.54) is 12.4 Å². The zero-order valence-electron chi connectivity index (χ0n) is 10.6. The summed E-state index contributed by atoms with van der Waals surface area (Å²) in [6, 6.07) is 5.26. The van der Waals surface area contributed by atoms with Gasteiger partial charge >= 0.3 is 5.69 Å². The standard InChI is InChI=1S/C13H10BrCl2N3O2/c14-10-6-17-7-12(19(20)21)13(10)18-4-3-8-1-2-9(15)5-11(8)16/h1-2,5-7H,3-4H2,(H,17,18). The molecule has 0 aliphatic heterocycles. The molecule has 1 aromatic heterocycles. The Morgan fingerprint density at radius 2 is 2.10 bits per heavy atom. The molecule has 1 aromatic carbocycles. The number of anilines is 1. The van der Waals surface area contributed by atoms with E-state index in [9.17, 15) is 10.1 Å². The van der Waals surface area contributed by atoms with Gasteiger partial charge in [0.25, 0.3) is 0 Å². The molecule has 0 spiro atoms. The number of hydrogen-bond donors (Lipinski definition) is 1. The minimum Gasteiger partial charge on any atom is -0.378 e. The van der Waals surface area contributed by atoms with E-state index in [4.69, 9.17) is 23.2 Å². The summed E-state index contributed by atoms with van der Waals surface area (Å²) in [5, 5.41) is 15.2. The van der Waals surface area contributed by atoms with Gasteiger partial charge in [-0.1, -0.05) is 29.3 Å². The van der Waals surface area contributed by atoms with Crippen LogP contribution in [-0.2, 0) is 6.42 Å². The van der Waals surface area contributed by atoms with E-state index < -0.39 is 4.92 Å². The average Bonchev–Trinajstić information content (AvgIpc) is 2.42. The first-order valence-electron chi connectivity index (χ1n) is 5.94. The third kappa shape index (κ3) is 4.06. The normalized spacial score (nSPS) is 10.4. The van der Waals surface area contributed by atoms with Gasteiger partial charge in [0.1, 0.15) is 11.9 Å². The summed E-state index contributed by atoms with van der Waals surface area (Å²) in [6.07, 6.45) is 3.33. The van der Waals surface area contributed by atoms with Gasteiger partial charge in [-0.25, -0.2) is 0 Å². The number of pyridine rings is 1. The second-order valence-corrected chi connectivity index (χ2v) is 5.88. The van der Waals surface area contributed by atoms with Gasteiger partial charge in [0.15, 0.2) is 0 Å². The Morgan fingerprint density at radius 3 is 2.76 bits per heavy atom. The Labute approximate surface area is 139 Å². The number of rotatable bonds is 5. The Hall–Kier alpha value is -1.37. The van der Waals surface area contributed by atoms with Crippen LogP contribution in [0.25, 0.3) is 0 Å². The number of aromatic nitrogens is 1. The smallest absolute Gasteiger partial charge is 0.311 e. The van der Waals surface area contributed by atoms with Crippen LogP contribution < -0.4 is 5.32 Å². The highest BCUT2D eigenvalue weighted by atomic mass is 79.9. The first-order valence-corrected chi connectivity index (χ1v) is 7.49. The maximum atomic E-state index is 11.0. The molecular formula is C13H10BrCl2N3O2. The number of halogens is 3. The molecule has 0 unspecified atom stereocenters. The highest BCUT2D eigenvalue weighted by Crippen LogP contribution is 2.31. The van der Waals surface area contributed by atoms with Crippen molar-refractivity contribution in [3.05, 3.63) is 60.8 Å². The molecule has 1 heterocycles. The number of nitro groups is 1. The van der Waals surface area contributed by atoms with Crippen molar-refractivity contribution in [3.63, 3.8) is 0 Å². The van der Waals surface area contributed by atoms with Crippen LogP contribution in [0.2, 0.25) is 10.0 Å². The molecule has 0 amide bonds. The average molecular weight is 391 g/mol. The van der Waals surface area contributed by atoms with E-state index in [-0.39, 0.29) is 5.69 Å². The fourth-order valence-corrected chi connectivity index (χ4v) is 2.75. The van der Waals surface area contributed by atoms with Gasteiger partial charge in [-0.3, -0.25) is 15.1 Å². The van der Waals surface area contributed by atoms with E-state index in [0.29, 0.717) is 33.2 Å². The summed E-state index contributed by atoms with van der Waals surface area (Å²) >= 11 is 15.2. The molecule has 5 nitrogen and oxygen atoms in total. The lowest BCUT2D eigenvalue weighted by Gasteiger charge is -2.09. The van der Waals surface area contributed by atoms with Crippen LogP contribution in [0.15, 0.2) is 35.1 Å². The third-order valence-corrected chi connectivity index (χ3v) is 3.98. The van der Waals surface area contributed by atoms with Crippen LogP contribution in [0.4, 0.5) is 11.4 Å². The quantitative estimate of drug-likeness (QED) is 0.592. The molecule has 1 N–H and O–H groups in total. The first kappa shape index (κ1) is 16.0. The fourth-order valence-electron chi connectivity index (χ4n) is 1.78. The second-order valence-electron chi connectivity index (χ2n) is 4.19. The van der Waals surface area contributed by atoms with Gasteiger partial charge < -0.3 is 5.32 Å². The highest BCUT2D eigenvalue weighted by Gasteiger charge is 2.16. The summed E-state index contributed by atoms with van der Waals surface area (Å²) in [6.45, 7) is 0.491. The zero-order chi connectivity index (χ0) is 15.4. The van der Waals surface area contributed by atoms with Crippen molar-refractivity contribution in [3.8, 4) is 0 Å². The number of benzene rings is 1. The molecule has 2 aromatic rings. The summed E-state index contributed by atoms with van der Waals surface area (Å²) < 4.78 is 0.541. The SMILES string of the molecule is O=[N+]([O-])c1cncc(Br)c1NCCc1ccc(Cl)cc1Cl. The summed E-state index contributed by atoms with van der Waals surface area (Å²) in [5.74, 6) is 0. The van der Waals surface area contributed by atoms with Gasteiger partial charge in [-0.15, -0.1) is 0 Å². The van der Waals surface area contributed by atoms with Crippen molar-refractivity contribution in [1.29, 1.82) is 0 Å². The van der Waals surface area contributed by atoms with Gasteiger partial charge in [-0.2, -0.15) is 0 Å². The van der Waals surface area contributed by atoms with E-state index in [2.05, 4.69) is 26.2 Å². The Morgan fingerprint density at radius 1 is 1.33 bits per heavy atom. The van der Waals surface area contributed by atoms with E-state index in [0.717, 1.165) is 5.56 Å². The van der Waals surface area contributed by atoms with E-state index >= 15 is 0 Å². The van der Waals surface area contributed by atoms with Crippen LogP contribution in [0, 0.1) is 10.1 Å². The second kappa shape index (κ2) is 7.06. The molecule has 0 fully saturated rings. The maximum Gasteiger partial charge on any atom is 0.311 e. The van der Waals surface area contributed by atoms with Crippen LogP contribution >= 0.6 is 39.1 Å². The maximum absolute atomic E-state index is 11.0. The summed E-state index contributed by atoms with van der Waals surface area (Å²) in [5.41, 5.74) is 1.24. The monoisotopic (exact) mass is 389 g/mol. The van der Waals surface area contributed by atoms with Crippen molar-refractivity contribution in [2.75, 3.05) is 11.9 Å². The molecule has 21 heavy (non-hydrogen) atoms. The fraction of sp³-hybridized carbons (Fsp3) is 0.154. The predicted octanol–water partition coefficient (Wildman–Crippen LogP) is 4.71. The molecule has 0 saturated carbocycles. The summed E-state index contributed by atoms with van der Waals surface area (Å²) in [7, 11) is 0. The number of hydrogen-bond acceptors (Lipinski definition) is 4. The molecule has 0 bridgehead atoms. The van der Waals surface area contributed by atoms with E-state index in [1.54, 1.807) is 12.1 Å². The van der Waals surface area contributed by atoms with Gasteiger partial charge in [0.2, 0.25) is 0 Å². The molecular weight excluding hydrogens is 381 g/mol. The predicted molar refractivity (Wildman–Crippen MR) is 87.2 cm³/mol. The topological polar surface area (TPSA) is 68.1 Å². The lowest BCUT2D eigenvalue weighted by atomic mass is 10.1. The molecule has 110 valence electrons. The molecule has 0 radical (unpaired) electrons. The first-order chi connectivity index (χ1) is 9.99. The van der Waals surface area contributed by atoms with Crippen LogP contribution in [0.1, 0.15) is 5.56 Å². The zero-order valence-corrected chi connectivity index (χ0v) is 13.7. The van der Waals surface area contributed by atoms with Crippen molar-refractivity contribution < 1.29 is 4.92 Å². The van der Waals surface area contributed by atoms with Gasteiger partial charge in [0, 0.05) is 22.8 Å². The van der Waals surface area contributed by atoms with Crippen molar-refractivity contribution in [2.45, 2.75) is 6.42 Å². The lowest BCUT2D eigenvalue weighted by Crippen LogP contribution is -2.08. The molecule has 0 aliphatic rings. The van der Waals surface area contributed by atoms with Crippen LogP contribution in [0.3, 0.4) is 0 Å². The Kier molecular flexibility index (Phi) is 5.39. The van der Waals surface area contributed by atoms with Crippen LogP contribution in [0.5, 0.6) is 0 Å². The van der Waals surface area contributed by atoms with Crippen molar-refractivity contribution in [2.24, 2.45) is 0 Å². The molecule has 8 heteroatoms. The van der Waals surface area contributed by atoms with E-state index in [1.807, 2.05) is 6.07 Å². The molecule has 0 aliphatic carbocycles. The summed E-state index contributed by atoms with van der Waals surface area (Å²) in [4.78, 5) is 14.3.